The Morgan fingerprint density at radius 2 is 1.11 bits per heavy atom. The summed E-state index contributed by atoms with van der Waals surface area (Å²) in [5.74, 6) is 0. The zero-order chi connectivity index (χ0) is 31.4. The van der Waals surface area contributed by atoms with E-state index in [0.29, 0.717) is 0 Å². The highest BCUT2D eigenvalue weighted by Crippen LogP contribution is 2.26. The van der Waals surface area contributed by atoms with Gasteiger partial charge in [0.2, 0.25) is 0 Å². The van der Waals surface area contributed by atoms with Gasteiger partial charge in [0.15, 0.2) is 0 Å². The second-order valence-corrected chi connectivity index (χ2v) is 11.9. The van der Waals surface area contributed by atoms with Gasteiger partial charge in [-0.3, -0.25) is 10.1 Å². The molecule has 0 fully saturated rings. The molecule has 234 valence electrons. The number of unbranched alkanes of at least 4 members (excludes halogenated alkanes) is 12. The van der Waals surface area contributed by atoms with Gasteiger partial charge in [-0.1, -0.05) is 139 Å². The van der Waals surface area contributed by atoms with Crippen LogP contribution >= 0.6 is 0 Å². The van der Waals surface area contributed by atoms with Crippen LogP contribution in [0.5, 0.6) is 0 Å². The van der Waals surface area contributed by atoms with Gasteiger partial charge in [0.25, 0.3) is 5.69 Å². The molecule has 0 aliphatic heterocycles. The molecule has 5 nitrogen and oxygen atoms in total. The second kappa shape index (κ2) is 20.1. The van der Waals surface area contributed by atoms with Crippen LogP contribution in [0.1, 0.15) is 120 Å². The van der Waals surface area contributed by atoms with E-state index < -0.39 is 4.92 Å². The van der Waals surface area contributed by atoms with Gasteiger partial charge in [0.05, 0.1) is 4.92 Å². The summed E-state index contributed by atoms with van der Waals surface area (Å²) in [7, 11) is 0. The lowest BCUT2D eigenvalue weighted by atomic mass is 10.0. The van der Waals surface area contributed by atoms with Gasteiger partial charge in [-0.15, -0.1) is 0 Å². The molecule has 3 aromatic carbocycles. The van der Waals surface area contributed by atoms with E-state index in [0.717, 1.165) is 24.2 Å². The largest absolute Gasteiger partial charge is 0.372 e. The number of benzene rings is 3. The van der Waals surface area contributed by atoms with Crippen molar-refractivity contribution in [1.29, 1.82) is 5.26 Å². The molecule has 0 bridgehead atoms. The average molecular weight is 594 g/mol. The number of nitriles is 1. The molecule has 0 N–H and O–H groups in total. The van der Waals surface area contributed by atoms with Gasteiger partial charge in [0.1, 0.15) is 11.6 Å². The van der Waals surface area contributed by atoms with E-state index in [-0.39, 0.29) is 11.3 Å². The van der Waals surface area contributed by atoms with Crippen molar-refractivity contribution in [2.75, 3.05) is 18.0 Å². The molecular weight excluding hydrogens is 542 g/mol. The SMILES string of the molecule is CCCCCCCCCN(CCCCCCCCC)c1ccc(-c2ccc(C=Cc3ccc([N+](=O)[O-])c(C#N)c3)cc2)cc1. The van der Waals surface area contributed by atoms with E-state index in [1.54, 1.807) is 12.1 Å². The lowest BCUT2D eigenvalue weighted by molar-refractivity contribution is -0.385. The number of hydrogen-bond acceptors (Lipinski definition) is 4. The third-order valence-electron chi connectivity index (χ3n) is 8.35. The maximum atomic E-state index is 11.1. The minimum absolute atomic E-state index is 0.0688. The fourth-order valence-electron chi connectivity index (χ4n) is 5.64. The Morgan fingerprint density at radius 1 is 0.659 bits per heavy atom. The number of nitro groups is 1. The first kappa shape index (κ1) is 34.6. The summed E-state index contributed by atoms with van der Waals surface area (Å²) < 4.78 is 0. The lowest BCUT2D eigenvalue weighted by Crippen LogP contribution is -2.25. The highest BCUT2D eigenvalue weighted by atomic mass is 16.6. The van der Waals surface area contributed by atoms with Crippen molar-refractivity contribution in [3.8, 4) is 17.2 Å². The molecule has 0 heterocycles. The quantitative estimate of drug-likeness (QED) is 0.0533. The Labute approximate surface area is 265 Å². The highest BCUT2D eigenvalue weighted by Gasteiger charge is 2.13. The molecule has 0 amide bonds. The summed E-state index contributed by atoms with van der Waals surface area (Å²) in [6.45, 7) is 6.82. The van der Waals surface area contributed by atoms with E-state index in [9.17, 15) is 15.4 Å². The molecule has 0 saturated heterocycles. The Balaban J connectivity index is 1.59. The maximum absolute atomic E-state index is 11.1. The molecule has 0 radical (unpaired) electrons. The number of hydrogen-bond donors (Lipinski definition) is 0. The molecule has 0 spiro atoms. The molecule has 3 rings (SSSR count). The minimum atomic E-state index is -0.526. The van der Waals surface area contributed by atoms with E-state index in [1.807, 2.05) is 18.2 Å². The first-order valence-corrected chi connectivity index (χ1v) is 16.9. The smallest absolute Gasteiger partial charge is 0.287 e. The van der Waals surface area contributed by atoms with Crippen LogP contribution in [0.25, 0.3) is 23.3 Å². The highest BCUT2D eigenvalue weighted by molar-refractivity contribution is 5.74. The summed E-state index contributed by atoms with van der Waals surface area (Å²) in [5.41, 5.74) is 5.37. The number of nitro benzene ring substituents is 1. The van der Waals surface area contributed by atoms with Gasteiger partial charge in [-0.25, -0.2) is 0 Å². The predicted molar refractivity (Wildman–Crippen MR) is 187 cm³/mol. The van der Waals surface area contributed by atoms with Crippen LogP contribution in [0, 0.1) is 21.4 Å². The van der Waals surface area contributed by atoms with Gasteiger partial charge in [-0.2, -0.15) is 5.26 Å². The van der Waals surface area contributed by atoms with Gasteiger partial charge in [-0.05, 0) is 59.4 Å². The van der Waals surface area contributed by atoms with Crippen LogP contribution in [0.3, 0.4) is 0 Å². The fraction of sp³-hybridized carbons (Fsp3) is 0.462. The predicted octanol–water partition coefficient (Wildman–Crippen LogP) is 11.6. The van der Waals surface area contributed by atoms with Crippen molar-refractivity contribution < 1.29 is 4.92 Å². The third kappa shape index (κ3) is 12.0. The van der Waals surface area contributed by atoms with Crippen molar-refractivity contribution in [2.24, 2.45) is 0 Å². The zero-order valence-electron chi connectivity index (χ0n) is 27.0. The molecule has 0 unspecified atom stereocenters. The van der Waals surface area contributed by atoms with Crippen molar-refractivity contribution in [3.05, 3.63) is 93.5 Å². The van der Waals surface area contributed by atoms with E-state index in [4.69, 9.17) is 0 Å². The fourth-order valence-corrected chi connectivity index (χ4v) is 5.64. The number of nitrogens with zero attached hydrogens (tertiary/aromatic N) is 3. The Kier molecular flexibility index (Phi) is 15.8. The van der Waals surface area contributed by atoms with E-state index in [2.05, 4.69) is 67.3 Å². The molecule has 0 atom stereocenters. The summed E-state index contributed by atoms with van der Waals surface area (Å²) in [4.78, 5) is 13.2. The van der Waals surface area contributed by atoms with Gasteiger partial charge < -0.3 is 4.90 Å². The van der Waals surface area contributed by atoms with Gasteiger partial charge >= 0.3 is 0 Å². The molecule has 0 saturated carbocycles. The van der Waals surface area contributed by atoms with Crippen molar-refractivity contribution >= 4 is 23.5 Å². The van der Waals surface area contributed by atoms with Crippen LogP contribution in [0.4, 0.5) is 11.4 Å². The van der Waals surface area contributed by atoms with E-state index >= 15 is 0 Å². The second-order valence-electron chi connectivity index (χ2n) is 11.9. The van der Waals surface area contributed by atoms with Crippen LogP contribution in [0.15, 0.2) is 66.7 Å². The Morgan fingerprint density at radius 3 is 1.61 bits per heavy atom. The number of rotatable bonds is 21. The van der Waals surface area contributed by atoms with Crippen LogP contribution in [0.2, 0.25) is 0 Å². The van der Waals surface area contributed by atoms with Crippen molar-refractivity contribution in [3.63, 3.8) is 0 Å². The molecule has 3 aromatic rings. The monoisotopic (exact) mass is 593 g/mol. The molecule has 0 aliphatic rings. The van der Waals surface area contributed by atoms with Gasteiger partial charge in [0, 0.05) is 24.8 Å². The lowest BCUT2D eigenvalue weighted by Gasteiger charge is -2.25. The molecule has 44 heavy (non-hydrogen) atoms. The normalized spacial score (nSPS) is 11.1. The standard InChI is InChI=1S/C39H51N3O2/c1-3-5-7-9-11-13-15-29-41(30-16-14-12-10-8-6-4-2)38-26-24-36(25-27-38)35-22-19-33(20-23-35)17-18-34-21-28-39(42(43)44)37(31-34)32-40/h17-28,31H,3-16,29-30H2,1-2H3. The average Bonchev–Trinajstić information content (AvgIpc) is 3.05. The Hall–Kier alpha value is -3.91. The van der Waals surface area contributed by atoms with Crippen LogP contribution in [-0.2, 0) is 0 Å². The molecule has 5 heteroatoms. The van der Waals surface area contributed by atoms with Crippen LogP contribution < -0.4 is 4.90 Å². The molecule has 0 aliphatic carbocycles. The maximum Gasteiger partial charge on any atom is 0.287 e. The summed E-state index contributed by atoms with van der Waals surface area (Å²) in [5, 5.41) is 20.3. The van der Waals surface area contributed by atoms with Crippen LogP contribution in [-0.4, -0.2) is 18.0 Å². The summed E-state index contributed by atoms with van der Waals surface area (Å²) >= 11 is 0. The van der Waals surface area contributed by atoms with Crippen molar-refractivity contribution in [1.82, 2.24) is 0 Å². The first-order chi connectivity index (χ1) is 21.5. The van der Waals surface area contributed by atoms with Crippen molar-refractivity contribution in [2.45, 2.75) is 104 Å². The number of anilines is 1. The summed E-state index contributed by atoms with van der Waals surface area (Å²) in [6, 6.07) is 24.0. The topological polar surface area (TPSA) is 70.2 Å². The third-order valence-corrected chi connectivity index (χ3v) is 8.35. The van der Waals surface area contributed by atoms with E-state index in [1.165, 1.54) is 113 Å². The Bertz CT molecular complexity index is 1300. The zero-order valence-corrected chi connectivity index (χ0v) is 27.0. The first-order valence-electron chi connectivity index (χ1n) is 16.9. The molecular formula is C39H51N3O2. The minimum Gasteiger partial charge on any atom is -0.372 e. The summed E-state index contributed by atoms with van der Waals surface area (Å²) in [6.07, 6.45) is 22.5. The molecule has 0 aromatic heterocycles.